The minimum absolute atomic E-state index is 0.580. The highest BCUT2D eigenvalue weighted by Gasteiger charge is 2.23. The van der Waals surface area contributed by atoms with Crippen molar-refractivity contribution >= 4 is 28.0 Å². The fourth-order valence-corrected chi connectivity index (χ4v) is 4.43. The molecule has 162 valence electrons. The van der Waals surface area contributed by atoms with Crippen LogP contribution in [0.4, 0.5) is 17.1 Å². The van der Waals surface area contributed by atoms with Crippen LogP contribution in [0.15, 0.2) is 73.1 Å². The first kappa shape index (κ1) is 20.5. The van der Waals surface area contributed by atoms with E-state index in [1.54, 1.807) is 0 Å². The van der Waals surface area contributed by atoms with E-state index in [4.69, 9.17) is 0 Å². The van der Waals surface area contributed by atoms with Gasteiger partial charge in [-0.25, -0.2) is 0 Å². The molecule has 0 aliphatic carbocycles. The van der Waals surface area contributed by atoms with Crippen molar-refractivity contribution in [2.45, 2.75) is 19.4 Å². The zero-order chi connectivity index (χ0) is 22.1. The number of hydrogen-bond acceptors (Lipinski definition) is 5. The van der Waals surface area contributed by atoms with Crippen LogP contribution in [0.3, 0.4) is 0 Å². The van der Waals surface area contributed by atoms with Crippen LogP contribution < -0.4 is 10.2 Å². The Morgan fingerprint density at radius 3 is 2.56 bits per heavy atom. The van der Waals surface area contributed by atoms with E-state index in [0.29, 0.717) is 6.04 Å². The molecule has 5 nitrogen and oxygen atoms in total. The summed E-state index contributed by atoms with van der Waals surface area (Å²) in [6.07, 6.45) is 4.98. The van der Waals surface area contributed by atoms with Crippen molar-refractivity contribution in [3.63, 3.8) is 0 Å². The summed E-state index contributed by atoms with van der Waals surface area (Å²) in [5.41, 5.74) is 7.55. The molecule has 0 amide bonds. The molecule has 2 aromatic heterocycles. The van der Waals surface area contributed by atoms with Gasteiger partial charge in [-0.15, -0.1) is 0 Å². The van der Waals surface area contributed by atoms with Gasteiger partial charge in [0.25, 0.3) is 0 Å². The van der Waals surface area contributed by atoms with E-state index in [1.165, 1.54) is 18.7 Å². The summed E-state index contributed by atoms with van der Waals surface area (Å²) in [6, 6.07) is 21.8. The number of pyridine rings is 2. The average molecular weight is 424 g/mol. The summed E-state index contributed by atoms with van der Waals surface area (Å²) in [7, 11) is 4.39. The normalized spacial score (nSPS) is 16.4. The highest BCUT2D eigenvalue weighted by molar-refractivity contribution is 5.95. The Hall–Kier alpha value is -3.44. The number of aromatic nitrogens is 2. The van der Waals surface area contributed by atoms with Gasteiger partial charge in [-0.3, -0.25) is 9.97 Å². The first-order chi connectivity index (χ1) is 15.6. The maximum Gasteiger partial charge on any atom is 0.0723 e. The van der Waals surface area contributed by atoms with Gasteiger partial charge < -0.3 is 15.1 Å². The Kier molecular flexibility index (Phi) is 5.50. The number of likely N-dealkylation sites (tertiary alicyclic amines) is 1. The van der Waals surface area contributed by atoms with Crippen LogP contribution in [0.25, 0.3) is 22.2 Å². The molecular weight excluding hydrogens is 394 g/mol. The van der Waals surface area contributed by atoms with Crippen molar-refractivity contribution in [1.82, 2.24) is 14.9 Å². The molecule has 0 saturated carbocycles. The summed E-state index contributed by atoms with van der Waals surface area (Å²) in [4.78, 5) is 13.9. The molecule has 0 bridgehead atoms. The van der Waals surface area contributed by atoms with E-state index in [9.17, 15) is 0 Å². The minimum atomic E-state index is 0.580. The molecular formula is C27H29N5. The van der Waals surface area contributed by atoms with Crippen LogP contribution in [0, 0.1) is 6.92 Å². The fraction of sp³-hybridized carbons (Fsp3) is 0.259. The lowest BCUT2D eigenvalue weighted by Gasteiger charge is -2.26. The van der Waals surface area contributed by atoms with Crippen molar-refractivity contribution in [2.75, 3.05) is 37.4 Å². The zero-order valence-corrected chi connectivity index (χ0v) is 18.9. The van der Waals surface area contributed by atoms with Gasteiger partial charge in [0, 0.05) is 60.0 Å². The lowest BCUT2D eigenvalue weighted by molar-refractivity contribution is 0.409. The standard InChI is InChI=1S/C27H29N5/c1-19-4-10-25(29-17-19)20-5-11-26-24(16-20)27(12-14-28-26)30-21-6-8-22(9-7-21)32(3)23-13-15-31(2)18-23/h4-12,14,16-17,23H,13,15,18H2,1-3H3,(H,28,30). The Bertz CT molecular complexity index is 1220. The number of aryl methyl sites for hydroxylation is 1. The molecule has 1 aliphatic rings. The third-order valence-corrected chi connectivity index (χ3v) is 6.42. The van der Waals surface area contributed by atoms with E-state index >= 15 is 0 Å². The van der Waals surface area contributed by atoms with Gasteiger partial charge in [0.1, 0.15) is 0 Å². The van der Waals surface area contributed by atoms with E-state index < -0.39 is 0 Å². The van der Waals surface area contributed by atoms with E-state index in [-0.39, 0.29) is 0 Å². The number of likely N-dealkylation sites (N-methyl/N-ethyl adjacent to an activating group) is 2. The van der Waals surface area contributed by atoms with Crippen LogP contribution in [-0.2, 0) is 0 Å². The van der Waals surface area contributed by atoms with Gasteiger partial charge in [-0.05, 0) is 81.0 Å². The second-order valence-electron chi connectivity index (χ2n) is 8.80. The van der Waals surface area contributed by atoms with Crippen molar-refractivity contribution in [2.24, 2.45) is 0 Å². The molecule has 1 unspecified atom stereocenters. The van der Waals surface area contributed by atoms with Gasteiger partial charge in [0.2, 0.25) is 0 Å². The molecule has 32 heavy (non-hydrogen) atoms. The van der Waals surface area contributed by atoms with Crippen LogP contribution in [0.1, 0.15) is 12.0 Å². The Morgan fingerprint density at radius 1 is 1.00 bits per heavy atom. The van der Waals surface area contributed by atoms with Crippen LogP contribution >= 0.6 is 0 Å². The smallest absolute Gasteiger partial charge is 0.0723 e. The van der Waals surface area contributed by atoms with Crippen molar-refractivity contribution in [3.05, 3.63) is 78.6 Å². The minimum Gasteiger partial charge on any atom is -0.370 e. The van der Waals surface area contributed by atoms with Gasteiger partial charge in [0.15, 0.2) is 0 Å². The second-order valence-corrected chi connectivity index (χ2v) is 8.80. The van der Waals surface area contributed by atoms with Gasteiger partial charge in [-0.1, -0.05) is 12.1 Å². The molecule has 0 spiro atoms. The molecule has 5 heteroatoms. The summed E-state index contributed by atoms with van der Waals surface area (Å²) in [6.45, 7) is 4.35. The highest BCUT2D eigenvalue weighted by Crippen LogP contribution is 2.30. The Balaban J connectivity index is 1.40. The third-order valence-electron chi connectivity index (χ3n) is 6.42. The lowest BCUT2D eigenvalue weighted by Crippen LogP contribution is -2.33. The second kappa shape index (κ2) is 8.60. The molecule has 1 fully saturated rings. The fourth-order valence-electron chi connectivity index (χ4n) is 4.43. The van der Waals surface area contributed by atoms with Gasteiger partial charge >= 0.3 is 0 Å². The number of rotatable bonds is 5. The van der Waals surface area contributed by atoms with Crippen LogP contribution in [0.5, 0.6) is 0 Å². The van der Waals surface area contributed by atoms with Gasteiger partial charge in [-0.2, -0.15) is 0 Å². The average Bonchev–Trinajstić information content (AvgIpc) is 3.26. The number of nitrogens with one attached hydrogen (secondary N) is 1. The Labute approximate surface area is 189 Å². The van der Waals surface area contributed by atoms with Crippen LogP contribution in [0.2, 0.25) is 0 Å². The quantitative estimate of drug-likeness (QED) is 0.460. The predicted molar refractivity (Wildman–Crippen MR) is 134 cm³/mol. The van der Waals surface area contributed by atoms with Crippen molar-refractivity contribution < 1.29 is 0 Å². The Morgan fingerprint density at radius 2 is 1.84 bits per heavy atom. The van der Waals surface area contributed by atoms with Crippen molar-refractivity contribution in [3.8, 4) is 11.3 Å². The number of hydrogen-bond donors (Lipinski definition) is 1. The maximum atomic E-state index is 4.58. The molecule has 1 atom stereocenters. The first-order valence-corrected chi connectivity index (χ1v) is 11.2. The number of fused-ring (bicyclic) bond motifs is 1. The third kappa shape index (κ3) is 4.16. The molecule has 4 aromatic rings. The molecule has 1 aliphatic heterocycles. The number of nitrogens with zero attached hydrogens (tertiary/aromatic N) is 4. The maximum absolute atomic E-state index is 4.58. The predicted octanol–water partition coefficient (Wildman–Crippen LogP) is 5.49. The van der Waals surface area contributed by atoms with E-state index in [1.807, 2.05) is 18.5 Å². The van der Waals surface area contributed by atoms with Gasteiger partial charge in [0.05, 0.1) is 11.2 Å². The summed E-state index contributed by atoms with van der Waals surface area (Å²) < 4.78 is 0. The number of anilines is 3. The zero-order valence-electron chi connectivity index (χ0n) is 18.9. The monoisotopic (exact) mass is 423 g/mol. The molecule has 1 saturated heterocycles. The molecule has 1 N–H and O–H groups in total. The van der Waals surface area contributed by atoms with Crippen molar-refractivity contribution in [1.29, 1.82) is 0 Å². The summed E-state index contributed by atoms with van der Waals surface area (Å²) in [5, 5.41) is 4.68. The topological polar surface area (TPSA) is 44.3 Å². The highest BCUT2D eigenvalue weighted by atomic mass is 15.2. The largest absolute Gasteiger partial charge is 0.370 e. The molecule has 0 radical (unpaired) electrons. The molecule has 5 rings (SSSR count). The SMILES string of the molecule is Cc1ccc(-c2ccc3nccc(Nc4ccc(N(C)C5CCN(C)C5)cc4)c3c2)nc1. The summed E-state index contributed by atoms with van der Waals surface area (Å²) >= 11 is 0. The number of benzene rings is 2. The first-order valence-electron chi connectivity index (χ1n) is 11.2. The molecule has 3 heterocycles. The lowest BCUT2D eigenvalue weighted by atomic mass is 10.1. The van der Waals surface area contributed by atoms with Crippen LogP contribution in [-0.4, -0.2) is 48.1 Å². The van der Waals surface area contributed by atoms with E-state index in [0.717, 1.165) is 45.6 Å². The van der Waals surface area contributed by atoms with E-state index in [2.05, 4.69) is 101 Å². The summed E-state index contributed by atoms with van der Waals surface area (Å²) in [5.74, 6) is 0. The molecule has 2 aromatic carbocycles.